The molecule has 3 nitrogen and oxygen atoms in total. The van der Waals surface area contributed by atoms with E-state index in [1.54, 1.807) is 5.92 Å². The summed E-state index contributed by atoms with van der Waals surface area (Å²) in [4.78, 5) is 23.2. The van der Waals surface area contributed by atoms with E-state index >= 15 is 0 Å². The molecule has 0 unspecified atom stereocenters. The SMILES string of the molecule is CCC(C)(C)C[C-](C)C.[CH-]=O.[CH-]=O.[CH-]=O.[Ru+4]. The molecular formula is C12H22O3Ru. The van der Waals surface area contributed by atoms with E-state index < -0.39 is 0 Å². The van der Waals surface area contributed by atoms with Crippen molar-refractivity contribution < 1.29 is 33.9 Å². The van der Waals surface area contributed by atoms with Gasteiger partial charge >= 0.3 is 19.5 Å². The molecule has 0 amide bonds. The number of hydrogen-bond acceptors (Lipinski definition) is 3. The normalized spacial score (nSPS) is 7.88. The minimum atomic E-state index is 0. The van der Waals surface area contributed by atoms with E-state index in [0.717, 1.165) is 0 Å². The standard InChI is InChI=1S/C9H19.3CHO.Ru/c1-6-9(4,5)7-8(2)3;3*1-2;/h6-7H2,1-5H3;3*1H;/q4*-1;+4. The predicted octanol–water partition coefficient (Wildman–Crippen LogP) is 2.60. The molecule has 0 aliphatic carbocycles. The second kappa shape index (κ2) is 24.1. The van der Waals surface area contributed by atoms with Crippen molar-refractivity contribution in [1.29, 1.82) is 0 Å². The summed E-state index contributed by atoms with van der Waals surface area (Å²) >= 11 is 0. The maximum absolute atomic E-state index is 7.75. The van der Waals surface area contributed by atoms with Crippen LogP contribution in [0.25, 0.3) is 0 Å². The summed E-state index contributed by atoms with van der Waals surface area (Å²) in [6.45, 7) is 21.1. The Labute approximate surface area is 113 Å². The largest absolute Gasteiger partial charge is 4.00 e. The van der Waals surface area contributed by atoms with Gasteiger partial charge in [-0.1, -0.05) is 32.6 Å². The quantitative estimate of drug-likeness (QED) is 0.457. The number of hydrogen-bond donors (Lipinski definition) is 0. The van der Waals surface area contributed by atoms with Crippen LogP contribution in [0.15, 0.2) is 0 Å². The Hall–Kier alpha value is -0.367. The maximum Gasteiger partial charge on any atom is 4.00 e. The Morgan fingerprint density at radius 3 is 1.25 bits per heavy atom. The molecule has 0 fully saturated rings. The molecule has 0 saturated carbocycles. The van der Waals surface area contributed by atoms with Gasteiger partial charge in [0, 0.05) is 0 Å². The fourth-order valence-corrected chi connectivity index (χ4v) is 1.08. The molecule has 0 aliphatic rings. The summed E-state index contributed by atoms with van der Waals surface area (Å²) in [7, 11) is 0. The topological polar surface area (TPSA) is 51.2 Å². The van der Waals surface area contributed by atoms with Crippen molar-refractivity contribution in [3.05, 3.63) is 5.92 Å². The molecule has 0 rings (SSSR count). The van der Waals surface area contributed by atoms with Crippen molar-refractivity contribution in [2.24, 2.45) is 5.41 Å². The van der Waals surface area contributed by atoms with Crippen LogP contribution < -0.4 is 0 Å². The second-order valence-corrected chi connectivity index (χ2v) is 3.90. The molecule has 0 heterocycles. The van der Waals surface area contributed by atoms with Crippen LogP contribution in [0.2, 0.25) is 0 Å². The predicted molar refractivity (Wildman–Crippen MR) is 63.5 cm³/mol. The van der Waals surface area contributed by atoms with Crippen LogP contribution in [0.1, 0.15) is 47.5 Å². The first-order chi connectivity index (χ1) is 6.98. The summed E-state index contributed by atoms with van der Waals surface area (Å²) in [5.74, 6) is 1.54. The molecular weight excluding hydrogens is 293 g/mol. The van der Waals surface area contributed by atoms with Gasteiger partial charge < -0.3 is 20.3 Å². The van der Waals surface area contributed by atoms with Crippen LogP contribution in [-0.2, 0) is 33.9 Å². The fraction of sp³-hybridized carbons (Fsp3) is 0.667. The van der Waals surface area contributed by atoms with Gasteiger partial charge in [0.2, 0.25) is 0 Å². The summed E-state index contributed by atoms with van der Waals surface area (Å²) < 4.78 is 0. The van der Waals surface area contributed by atoms with Gasteiger partial charge in [0.1, 0.15) is 0 Å². The van der Waals surface area contributed by atoms with Gasteiger partial charge in [-0.25, -0.2) is 0 Å². The van der Waals surface area contributed by atoms with Crippen LogP contribution >= 0.6 is 0 Å². The fourth-order valence-electron chi connectivity index (χ4n) is 1.08. The first-order valence-corrected chi connectivity index (χ1v) is 4.47. The summed E-state index contributed by atoms with van der Waals surface area (Å²) in [6, 6.07) is 0. The summed E-state index contributed by atoms with van der Waals surface area (Å²) in [5.41, 5.74) is 0.527. The molecule has 4 heteroatoms. The second-order valence-electron chi connectivity index (χ2n) is 3.90. The smallest absolute Gasteiger partial charge is 0.545 e. The molecule has 0 N–H and O–H groups in total. The van der Waals surface area contributed by atoms with Gasteiger partial charge in [-0.2, -0.15) is 20.3 Å². The zero-order valence-electron chi connectivity index (χ0n) is 10.7. The third-order valence-electron chi connectivity index (χ3n) is 1.79. The third-order valence-corrected chi connectivity index (χ3v) is 1.79. The molecule has 0 aromatic carbocycles. The van der Waals surface area contributed by atoms with Gasteiger partial charge in [-0.05, 0) is 0 Å². The zero-order chi connectivity index (χ0) is 13.5. The number of carbonyl (C=O) groups excluding carboxylic acids is 3. The molecule has 16 heavy (non-hydrogen) atoms. The Morgan fingerprint density at radius 1 is 0.938 bits per heavy atom. The Bertz CT molecular complexity index is 112. The van der Waals surface area contributed by atoms with Crippen LogP contribution in [0.5, 0.6) is 0 Å². The minimum Gasteiger partial charge on any atom is -0.545 e. The molecule has 0 aliphatic heterocycles. The van der Waals surface area contributed by atoms with E-state index in [0.29, 0.717) is 5.41 Å². The van der Waals surface area contributed by atoms with Crippen molar-refractivity contribution in [2.75, 3.05) is 0 Å². The van der Waals surface area contributed by atoms with E-state index in [1.165, 1.54) is 12.8 Å². The number of rotatable bonds is 3. The van der Waals surface area contributed by atoms with Crippen LogP contribution in [0.4, 0.5) is 0 Å². The van der Waals surface area contributed by atoms with E-state index in [1.807, 2.05) is 0 Å². The minimum absolute atomic E-state index is 0. The Balaban J connectivity index is -0.0000000498. The molecule has 0 saturated heterocycles. The van der Waals surface area contributed by atoms with Crippen molar-refractivity contribution in [3.63, 3.8) is 0 Å². The maximum atomic E-state index is 7.75. The Morgan fingerprint density at radius 2 is 1.19 bits per heavy atom. The molecule has 0 radical (unpaired) electrons. The van der Waals surface area contributed by atoms with E-state index in [4.69, 9.17) is 14.4 Å². The molecule has 96 valence electrons. The van der Waals surface area contributed by atoms with Crippen LogP contribution in [0.3, 0.4) is 0 Å². The van der Waals surface area contributed by atoms with Crippen molar-refractivity contribution >= 4 is 20.4 Å². The monoisotopic (exact) mass is 316 g/mol. The van der Waals surface area contributed by atoms with E-state index in [2.05, 4.69) is 55.0 Å². The van der Waals surface area contributed by atoms with Crippen LogP contribution in [0, 0.1) is 11.3 Å². The molecule has 0 spiro atoms. The van der Waals surface area contributed by atoms with Crippen molar-refractivity contribution in [1.82, 2.24) is 0 Å². The molecule has 0 atom stereocenters. The molecule has 0 aromatic heterocycles. The van der Waals surface area contributed by atoms with Gasteiger partial charge in [0.25, 0.3) is 0 Å². The van der Waals surface area contributed by atoms with Crippen molar-refractivity contribution in [2.45, 2.75) is 47.5 Å². The van der Waals surface area contributed by atoms with Gasteiger partial charge in [0.05, 0.1) is 0 Å². The summed E-state index contributed by atoms with van der Waals surface area (Å²) in [5, 5.41) is 0. The van der Waals surface area contributed by atoms with E-state index in [9.17, 15) is 0 Å². The zero-order valence-corrected chi connectivity index (χ0v) is 12.5. The first kappa shape index (κ1) is 29.6. The molecule has 0 bridgehead atoms. The van der Waals surface area contributed by atoms with E-state index in [-0.39, 0.29) is 19.5 Å². The van der Waals surface area contributed by atoms with Crippen molar-refractivity contribution in [3.8, 4) is 0 Å². The average molecular weight is 315 g/mol. The van der Waals surface area contributed by atoms with Crippen LogP contribution in [-0.4, -0.2) is 20.4 Å². The average Bonchev–Trinajstić information content (AvgIpc) is 2.25. The summed E-state index contributed by atoms with van der Waals surface area (Å²) in [6.07, 6.45) is 2.54. The van der Waals surface area contributed by atoms with Gasteiger partial charge in [-0.3, -0.25) is 20.4 Å². The third kappa shape index (κ3) is 37.3. The Kier molecular flexibility index (Phi) is 44.5. The first-order valence-electron chi connectivity index (χ1n) is 4.47. The van der Waals surface area contributed by atoms with Gasteiger partial charge in [-0.15, -0.1) is 0 Å². The van der Waals surface area contributed by atoms with Gasteiger partial charge in [0.15, 0.2) is 0 Å². The molecule has 0 aromatic rings.